The number of anilines is 2. The van der Waals surface area contributed by atoms with Crippen LogP contribution in [0.3, 0.4) is 0 Å². The van der Waals surface area contributed by atoms with Gasteiger partial charge in [0.2, 0.25) is 0 Å². The predicted molar refractivity (Wildman–Crippen MR) is 102 cm³/mol. The summed E-state index contributed by atoms with van der Waals surface area (Å²) in [5, 5.41) is 10.4. The van der Waals surface area contributed by atoms with E-state index in [9.17, 15) is 8.42 Å². The number of hydrogen-bond donors (Lipinski definition) is 3. The lowest BCUT2D eigenvalue weighted by Crippen LogP contribution is -2.14. The molecule has 1 aromatic carbocycles. The van der Waals surface area contributed by atoms with Crippen molar-refractivity contribution >= 4 is 33.1 Å². The number of hydrogen-bond acceptors (Lipinski definition) is 5. The van der Waals surface area contributed by atoms with Crippen LogP contribution in [0.1, 0.15) is 17.0 Å². The predicted octanol–water partition coefficient (Wildman–Crippen LogP) is 3.49. The summed E-state index contributed by atoms with van der Waals surface area (Å²) in [6.07, 6.45) is 1.46. The molecular weight excluding hydrogens is 374 g/mol. The first kappa shape index (κ1) is 18.2. The van der Waals surface area contributed by atoms with Gasteiger partial charge < -0.3 is 5.32 Å². The Morgan fingerprint density at radius 2 is 1.85 bits per heavy atom. The van der Waals surface area contributed by atoms with Gasteiger partial charge in [0.15, 0.2) is 0 Å². The molecular formula is C17H18ClN5O2S. The second-order valence-corrected chi connectivity index (χ2v) is 7.84. The van der Waals surface area contributed by atoms with Gasteiger partial charge in [0.1, 0.15) is 10.7 Å². The van der Waals surface area contributed by atoms with Gasteiger partial charge in [-0.25, -0.2) is 13.4 Å². The fraction of sp³-hybridized carbons (Fsp3) is 0.176. The SMILES string of the molecule is Cc1n[nH]c(C)c1S(=O)(=O)Nc1ccc(NCc2ccc(Cl)cc2)nc1. The molecule has 0 aliphatic carbocycles. The van der Waals surface area contributed by atoms with E-state index in [1.54, 1.807) is 26.0 Å². The summed E-state index contributed by atoms with van der Waals surface area (Å²) in [4.78, 5) is 4.39. The molecule has 0 radical (unpaired) electrons. The molecule has 0 amide bonds. The number of rotatable bonds is 6. The molecule has 0 atom stereocenters. The Balaban J connectivity index is 1.67. The second kappa shape index (κ2) is 7.35. The molecule has 7 nitrogen and oxygen atoms in total. The number of benzene rings is 1. The zero-order valence-corrected chi connectivity index (χ0v) is 15.8. The van der Waals surface area contributed by atoms with Crippen LogP contribution in [0.5, 0.6) is 0 Å². The van der Waals surface area contributed by atoms with Crippen LogP contribution in [0.15, 0.2) is 47.5 Å². The number of nitrogens with zero attached hydrogens (tertiary/aromatic N) is 2. The number of aromatic nitrogens is 3. The van der Waals surface area contributed by atoms with E-state index in [0.717, 1.165) is 5.56 Å². The van der Waals surface area contributed by atoms with Crippen LogP contribution in [-0.2, 0) is 16.6 Å². The Morgan fingerprint density at radius 1 is 1.12 bits per heavy atom. The number of halogens is 1. The van der Waals surface area contributed by atoms with Gasteiger partial charge >= 0.3 is 0 Å². The first-order valence-corrected chi connectivity index (χ1v) is 9.70. The molecule has 0 aliphatic rings. The van der Waals surface area contributed by atoms with Crippen molar-refractivity contribution in [2.75, 3.05) is 10.0 Å². The van der Waals surface area contributed by atoms with Crippen LogP contribution < -0.4 is 10.0 Å². The highest BCUT2D eigenvalue weighted by Crippen LogP contribution is 2.21. The molecule has 0 fully saturated rings. The molecule has 3 N–H and O–H groups in total. The average Bonchev–Trinajstić information content (AvgIpc) is 2.95. The normalized spacial score (nSPS) is 11.3. The van der Waals surface area contributed by atoms with Gasteiger partial charge in [0, 0.05) is 11.6 Å². The Labute approximate surface area is 156 Å². The zero-order valence-electron chi connectivity index (χ0n) is 14.2. The van der Waals surface area contributed by atoms with Crippen molar-refractivity contribution in [3.8, 4) is 0 Å². The third-order valence-electron chi connectivity index (χ3n) is 3.73. The molecule has 136 valence electrons. The van der Waals surface area contributed by atoms with Crippen molar-refractivity contribution in [2.24, 2.45) is 0 Å². The van der Waals surface area contributed by atoms with Crippen LogP contribution in [0.4, 0.5) is 11.5 Å². The molecule has 26 heavy (non-hydrogen) atoms. The number of aryl methyl sites for hydroxylation is 2. The van der Waals surface area contributed by atoms with E-state index in [4.69, 9.17) is 11.6 Å². The molecule has 0 bridgehead atoms. The Hall–Kier alpha value is -2.58. The molecule has 2 heterocycles. The summed E-state index contributed by atoms with van der Waals surface area (Å²) >= 11 is 5.86. The van der Waals surface area contributed by atoms with E-state index in [1.165, 1.54) is 6.20 Å². The van der Waals surface area contributed by atoms with Crippen LogP contribution >= 0.6 is 11.6 Å². The summed E-state index contributed by atoms with van der Waals surface area (Å²) in [5.41, 5.74) is 2.35. The van der Waals surface area contributed by atoms with Crippen molar-refractivity contribution in [3.05, 3.63) is 64.6 Å². The summed E-state index contributed by atoms with van der Waals surface area (Å²) < 4.78 is 27.5. The quantitative estimate of drug-likeness (QED) is 0.597. The number of H-pyrrole nitrogens is 1. The molecule has 2 aromatic heterocycles. The van der Waals surface area contributed by atoms with E-state index >= 15 is 0 Å². The fourth-order valence-electron chi connectivity index (χ4n) is 2.50. The summed E-state index contributed by atoms with van der Waals surface area (Å²) in [6.45, 7) is 3.89. The third kappa shape index (κ3) is 4.14. The lowest BCUT2D eigenvalue weighted by molar-refractivity contribution is 0.600. The fourth-order valence-corrected chi connectivity index (χ4v) is 4.04. The van der Waals surface area contributed by atoms with E-state index < -0.39 is 10.0 Å². The minimum Gasteiger partial charge on any atom is -0.366 e. The molecule has 0 saturated heterocycles. The van der Waals surface area contributed by atoms with Gasteiger partial charge in [-0.1, -0.05) is 23.7 Å². The highest BCUT2D eigenvalue weighted by molar-refractivity contribution is 7.92. The van der Waals surface area contributed by atoms with E-state index in [0.29, 0.717) is 34.5 Å². The first-order chi connectivity index (χ1) is 12.3. The van der Waals surface area contributed by atoms with Gasteiger partial charge in [-0.05, 0) is 43.7 Å². The molecule has 3 aromatic rings. The molecule has 9 heteroatoms. The summed E-state index contributed by atoms with van der Waals surface area (Å²) in [7, 11) is -3.72. The molecule has 0 saturated carbocycles. The summed E-state index contributed by atoms with van der Waals surface area (Å²) in [6, 6.07) is 10.9. The lowest BCUT2D eigenvalue weighted by Gasteiger charge is -2.10. The standard InChI is InChI=1S/C17H18ClN5O2S/c1-11-17(12(2)22-21-11)26(24,25)23-15-7-8-16(20-10-15)19-9-13-3-5-14(18)6-4-13/h3-8,10,23H,9H2,1-2H3,(H,19,20)(H,21,22). The van der Waals surface area contributed by atoms with E-state index in [-0.39, 0.29) is 4.90 Å². The van der Waals surface area contributed by atoms with Crippen molar-refractivity contribution in [1.82, 2.24) is 15.2 Å². The zero-order chi connectivity index (χ0) is 18.7. The third-order valence-corrected chi connectivity index (χ3v) is 5.63. The lowest BCUT2D eigenvalue weighted by atomic mass is 10.2. The Morgan fingerprint density at radius 3 is 2.42 bits per heavy atom. The topological polar surface area (TPSA) is 99.8 Å². The van der Waals surface area contributed by atoms with Gasteiger partial charge in [-0.2, -0.15) is 5.10 Å². The van der Waals surface area contributed by atoms with Crippen LogP contribution in [0.2, 0.25) is 5.02 Å². The van der Waals surface area contributed by atoms with Crippen molar-refractivity contribution in [3.63, 3.8) is 0 Å². The Bertz CT molecular complexity index is 979. The Kier molecular flexibility index (Phi) is 5.15. The maximum absolute atomic E-state index is 12.5. The number of sulfonamides is 1. The first-order valence-electron chi connectivity index (χ1n) is 7.84. The number of aromatic amines is 1. The smallest absolute Gasteiger partial charge is 0.265 e. The number of nitrogens with one attached hydrogen (secondary N) is 3. The van der Waals surface area contributed by atoms with Crippen molar-refractivity contribution < 1.29 is 8.42 Å². The van der Waals surface area contributed by atoms with Crippen molar-refractivity contribution in [2.45, 2.75) is 25.3 Å². The molecule has 0 spiro atoms. The molecule has 3 rings (SSSR count). The summed E-state index contributed by atoms with van der Waals surface area (Å²) in [5.74, 6) is 0.638. The van der Waals surface area contributed by atoms with E-state index in [1.807, 2.05) is 24.3 Å². The molecule has 0 aliphatic heterocycles. The van der Waals surface area contributed by atoms with Crippen molar-refractivity contribution in [1.29, 1.82) is 0 Å². The maximum Gasteiger partial charge on any atom is 0.265 e. The maximum atomic E-state index is 12.5. The number of pyridine rings is 1. The highest BCUT2D eigenvalue weighted by Gasteiger charge is 2.22. The van der Waals surface area contributed by atoms with Gasteiger partial charge in [-0.3, -0.25) is 9.82 Å². The van der Waals surface area contributed by atoms with Crippen LogP contribution in [0.25, 0.3) is 0 Å². The second-order valence-electron chi connectivity index (χ2n) is 5.78. The molecule has 0 unspecified atom stereocenters. The van der Waals surface area contributed by atoms with E-state index in [2.05, 4.69) is 25.2 Å². The largest absolute Gasteiger partial charge is 0.366 e. The average molecular weight is 392 g/mol. The highest BCUT2D eigenvalue weighted by atomic mass is 35.5. The van der Waals surface area contributed by atoms with Gasteiger partial charge in [-0.15, -0.1) is 0 Å². The monoisotopic (exact) mass is 391 g/mol. The van der Waals surface area contributed by atoms with Crippen LogP contribution in [0, 0.1) is 13.8 Å². The van der Waals surface area contributed by atoms with Gasteiger partial charge in [0.05, 0.1) is 23.3 Å². The minimum atomic E-state index is -3.72. The van der Waals surface area contributed by atoms with Crippen LogP contribution in [-0.4, -0.2) is 23.6 Å². The minimum absolute atomic E-state index is 0.155. The van der Waals surface area contributed by atoms with Gasteiger partial charge in [0.25, 0.3) is 10.0 Å².